The van der Waals surface area contributed by atoms with Gasteiger partial charge in [-0.25, -0.2) is 4.79 Å². The van der Waals surface area contributed by atoms with Crippen LogP contribution < -0.4 is 11.1 Å². The van der Waals surface area contributed by atoms with E-state index in [1.165, 1.54) is 11.3 Å². The Morgan fingerprint density at radius 1 is 1.19 bits per heavy atom. The summed E-state index contributed by atoms with van der Waals surface area (Å²) in [7, 11) is 0. The number of anilines is 1. The first-order valence-corrected chi connectivity index (χ1v) is 12.5. The van der Waals surface area contributed by atoms with E-state index in [9.17, 15) is 14.4 Å². The number of hydrogen-bond acceptors (Lipinski definition) is 8. The molecule has 3 saturated heterocycles. The maximum atomic E-state index is 13.3. The van der Waals surface area contributed by atoms with Gasteiger partial charge in [-0.3, -0.25) is 19.8 Å². The first-order chi connectivity index (χ1) is 15.2. The fourth-order valence-corrected chi connectivity index (χ4v) is 7.06. The molecule has 1 spiro atoms. The van der Waals surface area contributed by atoms with E-state index in [1.54, 1.807) is 0 Å². The van der Waals surface area contributed by atoms with Gasteiger partial charge in [0.1, 0.15) is 11.1 Å². The van der Waals surface area contributed by atoms with Crippen LogP contribution in [-0.2, 0) is 16.0 Å². The third-order valence-electron chi connectivity index (χ3n) is 7.42. The van der Waals surface area contributed by atoms with E-state index in [0.717, 1.165) is 44.3 Å². The summed E-state index contributed by atoms with van der Waals surface area (Å²) in [5, 5.41) is 3.91. The molecule has 174 valence electrons. The van der Waals surface area contributed by atoms with Crippen LogP contribution in [0.5, 0.6) is 0 Å². The fourth-order valence-electron chi connectivity index (χ4n) is 5.99. The molecule has 4 heterocycles. The minimum Gasteiger partial charge on any atom is -0.458 e. The quantitative estimate of drug-likeness (QED) is 0.649. The van der Waals surface area contributed by atoms with Crippen LogP contribution in [0.4, 0.5) is 5.00 Å². The predicted molar refractivity (Wildman–Crippen MR) is 122 cm³/mol. The van der Waals surface area contributed by atoms with Crippen molar-refractivity contribution < 1.29 is 19.1 Å². The van der Waals surface area contributed by atoms with Crippen LogP contribution in [0.2, 0.25) is 0 Å². The first-order valence-electron chi connectivity index (χ1n) is 11.7. The van der Waals surface area contributed by atoms with Crippen LogP contribution in [0.25, 0.3) is 0 Å². The highest BCUT2D eigenvalue weighted by atomic mass is 32.1. The monoisotopic (exact) mass is 460 g/mol. The van der Waals surface area contributed by atoms with E-state index >= 15 is 0 Å². The molecule has 4 aliphatic rings. The number of nitrogen functional groups attached to an aromatic ring is 1. The van der Waals surface area contributed by atoms with Gasteiger partial charge in [0, 0.05) is 51.6 Å². The highest BCUT2D eigenvalue weighted by molar-refractivity contribution is 7.18. The Balaban J connectivity index is 1.25. The number of thiophene rings is 1. The van der Waals surface area contributed by atoms with Gasteiger partial charge in [-0.1, -0.05) is 0 Å². The van der Waals surface area contributed by atoms with E-state index in [2.05, 4.69) is 10.2 Å². The smallest absolute Gasteiger partial charge is 0.328 e. The molecule has 1 aromatic heterocycles. The Labute approximate surface area is 192 Å². The van der Waals surface area contributed by atoms with Gasteiger partial charge < -0.3 is 15.4 Å². The molecule has 0 bridgehead atoms. The van der Waals surface area contributed by atoms with Crippen LogP contribution >= 0.6 is 11.3 Å². The summed E-state index contributed by atoms with van der Waals surface area (Å²) < 4.78 is 5.62. The maximum absolute atomic E-state index is 13.3. The van der Waals surface area contributed by atoms with E-state index in [0.29, 0.717) is 54.0 Å². The molecule has 1 amide bonds. The summed E-state index contributed by atoms with van der Waals surface area (Å²) in [6.07, 6.45) is 4.49. The molecule has 0 aromatic carbocycles. The molecule has 32 heavy (non-hydrogen) atoms. The van der Waals surface area contributed by atoms with Crippen molar-refractivity contribution in [1.82, 2.24) is 15.1 Å². The molecule has 1 aliphatic carbocycles. The van der Waals surface area contributed by atoms with E-state index < -0.39 is 11.1 Å². The fraction of sp³-hybridized carbons (Fsp3) is 0.696. The molecular weight excluding hydrogens is 428 g/mol. The van der Waals surface area contributed by atoms with Gasteiger partial charge in [-0.2, -0.15) is 0 Å². The van der Waals surface area contributed by atoms with Crippen LogP contribution in [0.3, 0.4) is 0 Å². The number of nitrogens with zero attached hydrogens (tertiary/aromatic N) is 2. The molecule has 0 radical (unpaired) electrons. The lowest BCUT2D eigenvalue weighted by molar-refractivity contribution is -0.151. The van der Waals surface area contributed by atoms with E-state index in [1.807, 2.05) is 18.7 Å². The molecular formula is C23H32N4O4S. The summed E-state index contributed by atoms with van der Waals surface area (Å²) in [5.41, 5.74) is 6.56. The van der Waals surface area contributed by atoms with E-state index in [-0.39, 0.29) is 17.7 Å². The van der Waals surface area contributed by atoms with Crippen molar-refractivity contribution in [2.24, 2.45) is 0 Å². The van der Waals surface area contributed by atoms with Gasteiger partial charge in [0.05, 0.1) is 15.4 Å². The lowest BCUT2D eigenvalue weighted by atomic mass is 9.86. The van der Waals surface area contributed by atoms with Crippen molar-refractivity contribution in [2.75, 3.05) is 38.5 Å². The molecule has 3 aliphatic heterocycles. The molecule has 1 atom stereocenters. The van der Waals surface area contributed by atoms with Crippen molar-refractivity contribution in [1.29, 1.82) is 0 Å². The topological polar surface area (TPSA) is 105 Å². The number of piperazine rings is 1. The van der Waals surface area contributed by atoms with Gasteiger partial charge in [0.25, 0.3) is 5.91 Å². The van der Waals surface area contributed by atoms with Gasteiger partial charge in [-0.15, -0.1) is 11.3 Å². The van der Waals surface area contributed by atoms with Gasteiger partial charge in [0.15, 0.2) is 5.78 Å². The molecule has 5 rings (SSSR count). The van der Waals surface area contributed by atoms with Crippen LogP contribution in [0.15, 0.2) is 0 Å². The number of fused-ring (bicyclic) bond motifs is 1. The number of hydrogen-bond donors (Lipinski definition) is 2. The Morgan fingerprint density at radius 3 is 2.62 bits per heavy atom. The highest BCUT2D eigenvalue weighted by Gasteiger charge is 2.55. The number of carbonyl (C=O) groups excluding carboxylic acids is 3. The van der Waals surface area contributed by atoms with Crippen molar-refractivity contribution >= 4 is 34.0 Å². The number of ketones is 1. The SMILES string of the molecule is CC1(C)CC2(CN(C3CCN(C(=O)c4c(N)sc5c4CCCC5=O)CC3)CCN2)C(=O)O1. The summed E-state index contributed by atoms with van der Waals surface area (Å²) in [5.74, 6) is -0.0694. The van der Waals surface area contributed by atoms with Crippen molar-refractivity contribution in [3.8, 4) is 0 Å². The average molecular weight is 461 g/mol. The minimum atomic E-state index is -0.620. The van der Waals surface area contributed by atoms with Crippen LogP contribution in [0.1, 0.15) is 71.5 Å². The van der Waals surface area contributed by atoms with Crippen LogP contribution in [0, 0.1) is 0 Å². The summed E-state index contributed by atoms with van der Waals surface area (Å²) in [6, 6.07) is 0.338. The van der Waals surface area contributed by atoms with Crippen molar-refractivity contribution in [2.45, 2.75) is 69.6 Å². The zero-order valence-corrected chi connectivity index (χ0v) is 19.7. The third kappa shape index (κ3) is 3.64. The first kappa shape index (κ1) is 21.9. The lowest BCUT2D eigenvalue weighted by Crippen LogP contribution is -2.65. The number of ether oxygens (including phenoxy) is 1. The van der Waals surface area contributed by atoms with Gasteiger partial charge >= 0.3 is 5.97 Å². The number of amides is 1. The number of cyclic esters (lactones) is 1. The standard InChI is InChI=1S/C23H32N4O4S/c1-22(2)12-23(21(30)31-22)13-27(11-8-25-23)14-6-9-26(10-7-14)20(29)17-15-4-3-5-16(28)18(15)32-19(17)24/h14,25H,3-13,24H2,1-2H3. The zero-order chi connectivity index (χ0) is 22.7. The number of nitrogens with two attached hydrogens (primary N) is 1. The molecule has 3 N–H and O–H groups in total. The number of rotatable bonds is 2. The number of carbonyl (C=O) groups is 3. The number of esters is 1. The number of likely N-dealkylation sites (tertiary alicyclic amines) is 1. The average Bonchev–Trinajstić information content (AvgIpc) is 3.20. The van der Waals surface area contributed by atoms with Crippen LogP contribution in [-0.4, -0.2) is 77.4 Å². The molecule has 1 unspecified atom stereocenters. The largest absolute Gasteiger partial charge is 0.458 e. The summed E-state index contributed by atoms with van der Waals surface area (Å²) in [4.78, 5) is 43.2. The zero-order valence-electron chi connectivity index (χ0n) is 18.9. The van der Waals surface area contributed by atoms with E-state index in [4.69, 9.17) is 10.5 Å². The lowest BCUT2D eigenvalue weighted by Gasteiger charge is -2.45. The Morgan fingerprint density at radius 2 is 1.94 bits per heavy atom. The normalized spacial score (nSPS) is 28.8. The number of piperidine rings is 1. The Hall–Kier alpha value is -1.97. The summed E-state index contributed by atoms with van der Waals surface area (Å²) in [6.45, 7) is 7.56. The van der Waals surface area contributed by atoms with Crippen molar-refractivity contribution in [3.63, 3.8) is 0 Å². The molecule has 3 fully saturated rings. The second kappa shape index (κ2) is 7.81. The molecule has 9 heteroatoms. The molecule has 1 aromatic rings. The van der Waals surface area contributed by atoms with Gasteiger partial charge in [-0.05, 0) is 45.1 Å². The molecule has 0 saturated carbocycles. The number of Topliss-reactive ketones (excluding diaryl/α,β-unsaturated/α-hetero) is 1. The Bertz CT molecular complexity index is 965. The second-order valence-corrected chi connectivity index (χ2v) is 11.3. The maximum Gasteiger partial charge on any atom is 0.328 e. The molecule has 8 nitrogen and oxygen atoms in total. The third-order valence-corrected chi connectivity index (χ3v) is 8.52. The van der Waals surface area contributed by atoms with Crippen molar-refractivity contribution in [3.05, 3.63) is 16.0 Å². The predicted octanol–water partition coefficient (Wildman–Crippen LogP) is 1.82. The second-order valence-electron chi connectivity index (χ2n) is 10.3. The highest BCUT2D eigenvalue weighted by Crippen LogP contribution is 2.38. The Kier molecular flexibility index (Phi) is 5.34. The summed E-state index contributed by atoms with van der Waals surface area (Å²) >= 11 is 1.27. The number of nitrogens with one attached hydrogen (secondary N) is 1. The minimum absolute atomic E-state index is 0.0361. The van der Waals surface area contributed by atoms with Gasteiger partial charge in [0.2, 0.25) is 0 Å².